The summed E-state index contributed by atoms with van der Waals surface area (Å²) in [7, 11) is 0. The van der Waals surface area contributed by atoms with Gasteiger partial charge < -0.3 is 20.6 Å². The summed E-state index contributed by atoms with van der Waals surface area (Å²) in [6.07, 6.45) is 1.54. The largest absolute Gasteiger partial charge is 0.393 e. The van der Waals surface area contributed by atoms with Gasteiger partial charge in [0.15, 0.2) is 0 Å². The number of hydrogen-bond acceptors (Lipinski definition) is 4. The number of aliphatic hydroxyl groups excluding tert-OH is 1. The van der Waals surface area contributed by atoms with Gasteiger partial charge in [0, 0.05) is 37.9 Å². The van der Waals surface area contributed by atoms with Crippen molar-refractivity contribution in [2.24, 2.45) is 5.41 Å². The van der Waals surface area contributed by atoms with Crippen molar-refractivity contribution in [2.45, 2.75) is 52.7 Å². The van der Waals surface area contributed by atoms with Crippen LogP contribution in [-0.4, -0.2) is 43.3 Å². The van der Waals surface area contributed by atoms with Crippen molar-refractivity contribution in [2.75, 3.05) is 31.1 Å². The molecule has 5 heteroatoms. The summed E-state index contributed by atoms with van der Waals surface area (Å²) < 4.78 is 0. The van der Waals surface area contributed by atoms with Gasteiger partial charge in [-0.1, -0.05) is 12.1 Å². The Bertz CT molecular complexity index is 549. The van der Waals surface area contributed by atoms with Crippen LogP contribution in [0.5, 0.6) is 0 Å². The zero-order valence-corrected chi connectivity index (χ0v) is 16.0. The second-order valence-electron chi connectivity index (χ2n) is 7.66. The molecular formula is C20H33N3O2. The Morgan fingerprint density at radius 2 is 1.88 bits per heavy atom. The second kappa shape index (κ2) is 8.68. The lowest BCUT2D eigenvalue weighted by atomic mass is 9.91. The molecule has 0 aromatic heterocycles. The van der Waals surface area contributed by atoms with E-state index in [9.17, 15) is 9.90 Å². The zero-order valence-electron chi connectivity index (χ0n) is 16.0. The van der Waals surface area contributed by atoms with E-state index in [1.807, 2.05) is 20.8 Å². The van der Waals surface area contributed by atoms with Gasteiger partial charge in [-0.25, -0.2) is 0 Å². The maximum Gasteiger partial charge on any atom is 0.226 e. The maximum atomic E-state index is 12.1. The van der Waals surface area contributed by atoms with E-state index in [0.717, 1.165) is 25.9 Å². The fourth-order valence-corrected chi connectivity index (χ4v) is 3.10. The van der Waals surface area contributed by atoms with Crippen LogP contribution in [0.15, 0.2) is 24.3 Å². The number of rotatable bonds is 7. The molecule has 25 heavy (non-hydrogen) atoms. The first-order valence-electron chi connectivity index (χ1n) is 9.38. The molecule has 0 spiro atoms. The standard InChI is InChI=1S/C20H33N3O2/c1-5-21-19(25)20(3,4)14-22-15(2)16-6-8-17(9-7-16)23-12-10-18(24)11-13-23/h6-9,15,18,22,24H,5,10-14H2,1-4H3,(H,21,25). The molecule has 140 valence electrons. The molecular weight excluding hydrogens is 314 g/mol. The third-order valence-corrected chi connectivity index (χ3v) is 5.02. The van der Waals surface area contributed by atoms with Gasteiger partial charge in [0.1, 0.15) is 0 Å². The highest BCUT2D eigenvalue weighted by Crippen LogP contribution is 2.23. The lowest BCUT2D eigenvalue weighted by Crippen LogP contribution is -2.43. The number of anilines is 1. The highest BCUT2D eigenvalue weighted by Gasteiger charge is 2.27. The van der Waals surface area contributed by atoms with Gasteiger partial charge in [0.2, 0.25) is 5.91 Å². The summed E-state index contributed by atoms with van der Waals surface area (Å²) in [6, 6.07) is 8.79. The number of amides is 1. The van der Waals surface area contributed by atoms with Crippen molar-refractivity contribution in [1.82, 2.24) is 10.6 Å². The molecule has 1 aromatic carbocycles. The van der Waals surface area contributed by atoms with Crippen LogP contribution >= 0.6 is 0 Å². The Hall–Kier alpha value is -1.59. The minimum absolute atomic E-state index is 0.0809. The van der Waals surface area contributed by atoms with E-state index in [2.05, 4.69) is 46.7 Å². The molecule has 1 saturated heterocycles. The fourth-order valence-electron chi connectivity index (χ4n) is 3.10. The highest BCUT2D eigenvalue weighted by molar-refractivity contribution is 5.82. The van der Waals surface area contributed by atoms with Gasteiger partial charge in [0.05, 0.1) is 11.5 Å². The number of nitrogens with zero attached hydrogens (tertiary/aromatic N) is 1. The fraction of sp³-hybridized carbons (Fsp3) is 0.650. The van der Waals surface area contributed by atoms with Crippen molar-refractivity contribution in [3.8, 4) is 0 Å². The van der Waals surface area contributed by atoms with Crippen LogP contribution in [-0.2, 0) is 4.79 Å². The molecule has 1 heterocycles. The smallest absolute Gasteiger partial charge is 0.226 e. The van der Waals surface area contributed by atoms with Gasteiger partial charge in [-0.2, -0.15) is 0 Å². The van der Waals surface area contributed by atoms with Gasteiger partial charge in [-0.15, -0.1) is 0 Å². The Morgan fingerprint density at radius 3 is 2.44 bits per heavy atom. The molecule has 1 unspecified atom stereocenters. The highest BCUT2D eigenvalue weighted by atomic mass is 16.3. The molecule has 0 aliphatic carbocycles. The van der Waals surface area contributed by atoms with Crippen molar-refractivity contribution in [1.29, 1.82) is 0 Å². The molecule has 1 fully saturated rings. The predicted molar refractivity (Wildman–Crippen MR) is 103 cm³/mol. The number of benzene rings is 1. The van der Waals surface area contributed by atoms with Crippen molar-refractivity contribution in [3.05, 3.63) is 29.8 Å². The SMILES string of the molecule is CCNC(=O)C(C)(C)CNC(C)c1ccc(N2CCC(O)CC2)cc1. The molecule has 0 bridgehead atoms. The lowest BCUT2D eigenvalue weighted by molar-refractivity contribution is -0.129. The van der Waals surface area contributed by atoms with Crippen LogP contribution in [0.2, 0.25) is 0 Å². The molecule has 0 saturated carbocycles. The number of carbonyl (C=O) groups excluding carboxylic acids is 1. The molecule has 1 aliphatic heterocycles. The molecule has 1 aliphatic rings. The van der Waals surface area contributed by atoms with Crippen LogP contribution < -0.4 is 15.5 Å². The summed E-state index contributed by atoms with van der Waals surface area (Å²) in [5.41, 5.74) is 2.00. The molecule has 2 rings (SSSR count). The molecule has 5 nitrogen and oxygen atoms in total. The van der Waals surface area contributed by atoms with E-state index >= 15 is 0 Å². The first-order valence-corrected chi connectivity index (χ1v) is 9.38. The monoisotopic (exact) mass is 347 g/mol. The van der Waals surface area contributed by atoms with Crippen molar-refractivity contribution >= 4 is 11.6 Å². The Labute approximate surface area is 151 Å². The molecule has 1 aromatic rings. The average molecular weight is 348 g/mol. The van der Waals surface area contributed by atoms with Crippen molar-refractivity contribution < 1.29 is 9.90 Å². The first-order chi connectivity index (χ1) is 11.8. The van der Waals surface area contributed by atoms with E-state index in [-0.39, 0.29) is 18.1 Å². The van der Waals surface area contributed by atoms with Crippen molar-refractivity contribution in [3.63, 3.8) is 0 Å². The Balaban J connectivity index is 1.89. The van der Waals surface area contributed by atoms with Gasteiger partial charge in [-0.3, -0.25) is 4.79 Å². The summed E-state index contributed by atoms with van der Waals surface area (Å²) >= 11 is 0. The topological polar surface area (TPSA) is 64.6 Å². The number of carbonyl (C=O) groups is 1. The Kier molecular flexibility index (Phi) is 6.85. The zero-order chi connectivity index (χ0) is 18.4. The van der Waals surface area contributed by atoms with Crippen LogP contribution in [0.4, 0.5) is 5.69 Å². The first kappa shape index (κ1) is 19.7. The molecule has 1 atom stereocenters. The van der Waals surface area contributed by atoms with Crippen LogP contribution in [0.1, 0.15) is 52.1 Å². The Morgan fingerprint density at radius 1 is 1.28 bits per heavy atom. The maximum absolute atomic E-state index is 12.1. The summed E-state index contributed by atoms with van der Waals surface area (Å²) in [5.74, 6) is 0.0809. The van der Waals surface area contributed by atoms with E-state index < -0.39 is 5.41 Å². The minimum atomic E-state index is -0.432. The van der Waals surface area contributed by atoms with Crippen LogP contribution in [0.3, 0.4) is 0 Å². The summed E-state index contributed by atoms with van der Waals surface area (Å²) in [5, 5.41) is 16.0. The predicted octanol–water partition coefficient (Wildman–Crippen LogP) is 2.46. The number of hydrogen-bond donors (Lipinski definition) is 3. The molecule has 3 N–H and O–H groups in total. The van der Waals surface area contributed by atoms with Gasteiger partial charge in [0.25, 0.3) is 0 Å². The quantitative estimate of drug-likeness (QED) is 0.709. The van der Waals surface area contributed by atoms with E-state index in [1.165, 1.54) is 11.3 Å². The van der Waals surface area contributed by atoms with Crippen LogP contribution in [0.25, 0.3) is 0 Å². The third-order valence-electron chi connectivity index (χ3n) is 5.02. The summed E-state index contributed by atoms with van der Waals surface area (Å²) in [6.45, 7) is 11.1. The second-order valence-corrected chi connectivity index (χ2v) is 7.66. The van der Waals surface area contributed by atoms with E-state index in [4.69, 9.17) is 0 Å². The van der Waals surface area contributed by atoms with E-state index in [1.54, 1.807) is 0 Å². The van der Waals surface area contributed by atoms with Gasteiger partial charge in [-0.05, 0) is 58.2 Å². The number of nitrogens with one attached hydrogen (secondary N) is 2. The number of piperidine rings is 1. The summed E-state index contributed by atoms with van der Waals surface area (Å²) in [4.78, 5) is 14.4. The average Bonchev–Trinajstić information content (AvgIpc) is 2.61. The lowest BCUT2D eigenvalue weighted by Gasteiger charge is -2.31. The van der Waals surface area contributed by atoms with E-state index in [0.29, 0.717) is 13.1 Å². The van der Waals surface area contributed by atoms with Crippen LogP contribution in [0, 0.1) is 5.41 Å². The third kappa shape index (κ3) is 5.44. The minimum Gasteiger partial charge on any atom is -0.393 e. The molecule has 0 radical (unpaired) electrons. The van der Waals surface area contributed by atoms with Gasteiger partial charge >= 0.3 is 0 Å². The number of aliphatic hydroxyl groups is 1. The normalized spacial score (nSPS) is 17.4. The molecule has 1 amide bonds.